The van der Waals surface area contributed by atoms with Crippen molar-refractivity contribution < 1.29 is 9.53 Å². The van der Waals surface area contributed by atoms with Crippen molar-refractivity contribution in [2.24, 2.45) is 5.92 Å². The van der Waals surface area contributed by atoms with Gasteiger partial charge in [0.2, 0.25) is 5.91 Å². The Balaban J connectivity index is 1.61. The second-order valence-corrected chi connectivity index (χ2v) is 5.27. The molecule has 0 aromatic carbocycles. The minimum atomic E-state index is 0.155. The first-order chi connectivity index (χ1) is 8.84. The highest BCUT2D eigenvalue weighted by Gasteiger charge is 2.16. The van der Waals surface area contributed by atoms with E-state index in [1.807, 2.05) is 0 Å². The van der Waals surface area contributed by atoms with E-state index in [0.29, 0.717) is 12.5 Å². The maximum Gasteiger partial charge on any atom is 0.234 e. The van der Waals surface area contributed by atoms with Crippen molar-refractivity contribution >= 4 is 5.91 Å². The molecule has 104 valence electrons. The first-order valence-corrected chi connectivity index (χ1v) is 7.12. The highest BCUT2D eigenvalue weighted by Crippen LogP contribution is 2.11. The van der Waals surface area contributed by atoms with Crippen molar-refractivity contribution in [3.63, 3.8) is 0 Å². The van der Waals surface area contributed by atoms with Gasteiger partial charge in [-0.05, 0) is 38.3 Å². The third kappa shape index (κ3) is 4.92. The minimum Gasteiger partial charge on any atom is -0.381 e. The van der Waals surface area contributed by atoms with Crippen LogP contribution in [-0.4, -0.2) is 63.3 Å². The lowest BCUT2D eigenvalue weighted by molar-refractivity contribution is -0.122. The third-order valence-corrected chi connectivity index (χ3v) is 3.64. The molecule has 2 rings (SSSR count). The van der Waals surface area contributed by atoms with Crippen LogP contribution in [0.15, 0.2) is 0 Å². The molecule has 1 amide bonds. The molecule has 0 spiro atoms. The highest BCUT2D eigenvalue weighted by atomic mass is 16.5. The van der Waals surface area contributed by atoms with Gasteiger partial charge >= 0.3 is 0 Å². The molecule has 1 atom stereocenters. The summed E-state index contributed by atoms with van der Waals surface area (Å²) in [5.74, 6) is 0.663. The van der Waals surface area contributed by atoms with Crippen LogP contribution in [0.25, 0.3) is 0 Å². The molecule has 0 saturated carbocycles. The second kappa shape index (κ2) is 7.71. The monoisotopic (exact) mass is 255 g/mol. The zero-order valence-corrected chi connectivity index (χ0v) is 11.1. The van der Waals surface area contributed by atoms with E-state index < -0.39 is 0 Å². The van der Waals surface area contributed by atoms with Crippen molar-refractivity contribution in [3.05, 3.63) is 0 Å². The van der Waals surface area contributed by atoms with Crippen LogP contribution in [0, 0.1) is 5.92 Å². The van der Waals surface area contributed by atoms with Crippen molar-refractivity contribution in [1.29, 1.82) is 0 Å². The molecule has 2 aliphatic rings. The molecule has 2 saturated heterocycles. The summed E-state index contributed by atoms with van der Waals surface area (Å²) in [4.78, 5) is 14.1. The molecule has 18 heavy (non-hydrogen) atoms. The molecule has 5 nitrogen and oxygen atoms in total. The van der Waals surface area contributed by atoms with E-state index in [0.717, 1.165) is 58.8 Å². The predicted molar refractivity (Wildman–Crippen MR) is 70.5 cm³/mol. The fourth-order valence-electron chi connectivity index (χ4n) is 2.55. The van der Waals surface area contributed by atoms with Crippen LogP contribution in [0.4, 0.5) is 0 Å². The SMILES string of the molecule is O=C(CN1CCCNCC1)NCC1CCCOC1. The van der Waals surface area contributed by atoms with Crippen LogP contribution in [0.1, 0.15) is 19.3 Å². The van der Waals surface area contributed by atoms with Crippen LogP contribution < -0.4 is 10.6 Å². The number of rotatable bonds is 4. The Labute approximate surface area is 109 Å². The molecule has 0 radical (unpaired) electrons. The van der Waals surface area contributed by atoms with Gasteiger partial charge in [0, 0.05) is 26.2 Å². The van der Waals surface area contributed by atoms with Gasteiger partial charge in [-0.1, -0.05) is 0 Å². The van der Waals surface area contributed by atoms with E-state index in [-0.39, 0.29) is 5.91 Å². The maximum atomic E-state index is 11.9. The molecular weight excluding hydrogens is 230 g/mol. The third-order valence-electron chi connectivity index (χ3n) is 3.64. The molecule has 0 bridgehead atoms. The zero-order chi connectivity index (χ0) is 12.6. The van der Waals surface area contributed by atoms with Crippen molar-refractivity contribution in [2.45, 2.75) is 19.3 Å². The zero-order valence-electron chi connectivity index (χ0n) is 11.1. The summed E-state index contributed by atoms with van der Waals surface area (Å²) in [5.41, 5.74) is 0. The van der Waals surface area contributed by atoms with Crippen LogP contribution in [0.2, 0.25) is 0 Å². The van der Waals surface area contributed by atoms with E-state index in [9.17, 15) is 4.79 Å². The summed E-state index contributed by atoms with van der Waals surface area (Å²) in [7, 11) is 0. The maximum absolute atomic E-state index is 11.9. The number of hydrogen-bond donors (Lipinski definition) is 2. The van der Waals surface area contributed by atoms with Gasteiger partial charge in [-0.25, -0.2) is 0 Å². The summed E-state index contributed by atoms with van der Waals surface area (Å²) in [6.07, 6.45) is 3.43. The van der Waals surface area contributed by atoms with Gasteiger partial charge in [-0.3, -0.25) is 9.69 Å². The molecule has 2 fully saturated rings. The summed E-state index contributed by atoms with van der Waals surface area (Å²) in [6, 6.07) is 0. The largest absolute Gasteiger partial charge is 0.381 e. The summed E-state index contributed by atoms with van der Waals surface area (Å²) < 4.78 is 5.41. The molecule has 0 aromatic heterocycles. The van der Waals surface area contributed by atoms with Gasteiger partial charge in [-0.2, -0.15) is 0 Å². The first kappa shape index (κ1) is 13.8. The molecule has 0 aromatic rings. The summed E-state index contributed by atoms with van der Waals surface area (Å²) in [6.45, 7) is 7.04. The van der Waals surface area contributed by atoms with Gasteiger partial charge in [-0.15, -0.1) is 0 Å². The average molecular weight is 255 g/mol. The quantitative estimate of drug-likeness (QED) is 0.732. The van der Waals surface area contributed by atoms with E-state index in [1.165, 1.54) is 6.42 Å². The minimum absolute atomic E-state index is 0.155. The Bertz CT molecular complexity index is 247. The summed E-state index contributed by atoms with van der Waals surface area (Å²) in [5, 5.41) is 6.38. The van der Waals surface area contributed by atoms with Gasteiger partial charge in [0.15, 0.2) is 0 Å². The standard InChI is InChI=1S/C13H25N3O2/c17-13(10-16-6-2-4-14-5-7-16)15-9-12-3-1-8-18-11-12/h12,14H,1-11H2,(H,15,17). The average Bonchev–Trinajstić information content (AvgIpc) is 2.66. The lowest BCUT2D eigenvalue weighted by atomic mass is 10.0. The topological polar surface area (TPSA) is 53.6 Å². The molecule has 2 aliphatic heterocycles. The Morgan fingerprint density at radius 2 is 2.28 bits per heavy atom. The number of carbonyl (C=O) groups is 1. The number of amides is 1. The van der Waals surface area contributed by atoms with E-state index >= 15 is 0 Å². The molecule has 2 heterocycles. The van der Waals surface area contributed by atoms with E-state index in [1.54, 1.807) is 0 Å². The number of ether oxygens (including phenoxy) is 1. The smallest absolute Gasteiger partial charge is 0.234 e. The molecule has 0 aliphatic carbocycles. The number of hydrogen-bond acceptors (Lipinski definition) is 4. The fourth-order valence-corrected chi connectivity index (χ4v) is 2.55. The van der Waals surface area contributed by atoms with Crippen LogP contribution in [0.5, 0.6) is 0 Å². The van der Waals surface area contributed by atoms with Crippen LogP contribution in [0.3, 0.4) is 0 Å². The second-order valence-electron chi connectivity index (χ2n) is 5.27. The Morgan fingerprint density at radius 1 is 1.33 bits per heavy atom. The molecule has 2 N–H and O–H groups in total. The van der Waals surface area contributed by atoms with Crippen molar-refractivity contribution in [1.82, 2.24) is 15.5 Å². The van der Waals surface area contributed by atoms with Crippen molar-refractivity contribution in [2.75, 3.05) is 52.5 Å². The van der Waals surface area contributed by atoms with Gasteiger partial charge in [0.05, 0.1) is 13.2 Å². The van der Waals surface area contributed by atoms with Crippen LogP contribution >= 0.6 is 0 Å². The van der Waals surface area contributed by atoms with Gasteiger partial charge in [0.25, 0.3) is 0 Å². The summed E-state index contributed by atoms with van der Waals surface area (Å²) >= 11 is 0. The highest BCUT2D eigenvalue weighted by molar-refractivity contribution is 5.78. The number of nitrogens with zero attached hydrogens (tertiary/aromatic N) is 1. The normalized spacial score (nSPS) is 26.6. The number of nitrogens with one attached hydrogen (secondary N) is 2. The van der Waals surface area contributed by atoms with E-state index in [4.69, 9.17) is 4.74 Å². The van der Waals surface area contributed by atoms with Crippen LogP contribution in [-0.2, 0) is 9.53 Å². The lowest BCUT2D eigenvalue weighted by Crippen LogP contribution is -2.41. The molecule has 5 heteroatoms. The Hall–Kier alpha value is -0.650. The van der Waals surface area contributed by atoms with Crippen molar-refractivity contribution in [3.8, 4) is 0 Å². The first-order valence-electron chi connectivity index (χ1n) is 7.12. The Kier molecular flexibility index (Phi) is 5.90. The van der Waals surface area contributed by atoms with E-state index in [2.05, 4.69) is 15.5 Å². The van der Waals surface area contributed by atoms with Gasteiger partial charge < -0.3 is 15.4 Å². The predicted octanol–water partition coefficient (Wildman–Crippen LogP) is -0.175. The molecular formula is C13H25N3O2. The fraction of sp³-hybridized carbons (Fsp3) is 0.923. The van der Waals surface area contributed by atoms with Gasteiger partial charge in [0.1, 0.15) is 0 Å². The molecule has 1 unspecified atom stereocenters. The number of carbonyl (C=O) groups excluding carboxylic acids is 1. The lowest BCUT2D eigenvalue weighted by Gasteiger charge is -2.23. The Morgan fingerprint density at radius 3 is 3.11 bits per heavy atom.